The number of para-hydroxylation sites is 1. The van der Waals surface area contributed by atoms with Crippen LogP contribution >= 0.6 is 11.6 Å². The van der Waals surface area contributed by atoms with E-state index in [-0.39, 0.29) is 17.2 Å². The van der Waals surface area contributed by atoms with E-state index in [0.29, 0.717) is 42.3 Å². The molecule has 0 saturated heterocycles. The Bertz CT molecular complexity index is 1150. The van der Waals surface area contributed by atoms with Crippen molar-refractivity contribution in [2.45, 2.75) is 39.8 Å². The summed E-state index contributed by atoms with van der Waals surface area (Å²) in [6.45, 7) is 5.85. The van der Waals surface area contributed by atoms with Crippen LogP contribution in [-0.2, 0) is 16.0 Å². The number of nitrogens with one attached hydrogen (secondary N) is 3. The minimum Gasteiger partial charge on any atom is -0.495 e. The Morgan fingerprint density at radius 2 is 1.84 bits per heavy atom. The molecule has 2 rings (SSSR count). The van der Waals surface area contributed by atoms with Gasteiger partial charge in [0.05, 0.1) is 17.8 Å². The number of carbonyl (C=O) groups excluding carboxylic acids is 1. The Balaban J connectivity index is 1.86. The summed E-state index contributed by atoms with van der Waals surface area (Å²) in [4.78, 5) is 23.5. The third-order valence-electron chi connectivity index (χ3n) is 5.43. The number of urea groups is 1. The molecule has 0 saturated carbocycles. The number of anilines is 2. The molecule has 5 N–H and O–H groups in total. The summed E-state index contributed by atoms with van der Waals surface area (Å²) in [7, 11) is 1.51. The standard InChI is InChI=1S/C27H34ClN3O6/c1-5-20(26(33)34)16-21(28)18(3)37-13-12-29-25(32)15-19-10-11-23(24(14-19)36-4)31-27(35)30-22-9-7-6-8-17(22)2/h6-11,14,16,25,29,32H,5,12-13,15H2,1-4H3,(H,33,34)(H2,30,31,35)/b20-16+,21-18-. The lowest BCUT2D eigenvalue weighted by molar-refractivity contribution is -0.132. The van der Waals surface area contributed by atoms with Crippen molar-refractivity contribution in [3.8, 4) is 5.75 Å². The Morgan fingerprint density at radius 1 is 1.14 bits per heavy atom. The number of aliphatic carboxylic acids is 1. The van der Waals surface area contributed by atoms with E-state index in [1.807, 2.05) is 31.2 Å². The predicted molar refractivity (Wildman–Crippen MR) is 145 cm³/mol. The summed E-state index contributed by atoms with van der Waals surface area (Å²) in [6, 6.07) is 12.3. The quantitative estimate of drug-likeness (QED) is 0.0808. The van der Waals surface area contributed by atoms with Gasteiger partial charge in [-0.15, -0.1) is 0 Å². The van der Waals surface area contributed by atoms with Gasteiger partial charge in [0.1, 0.15) is 24.3 Å². The van der Waals surface area contributed by atoms with Crippen LogP contribution in [0.2, 0.25) is 0 Å². The summed E-state index contributed by atoms with van der Waals surface area (Å²) in [5.74, 6) is -0.169. The fourth-order valence-electron chi connectivity index (χ4n) is 3.32. The third-order valence-corrected chi connectivity index (χ3v) is 5.81. The maximum absolute atomic E-state index is 12.4. The molecule has 1 atom stereocenters. The van der Waals surface area contributed by atoms with Crippen molar-refractivity contribution in [3.05, 3.63) is 76.0 Å². The van der Waals surface area contributed by atoms with Crippen molar-refractivity contribution < 1.29 is 29.3 Å². The van der Waals surface area contributed by atoms with Gasteiger partial charge < -0.3 is 30.3 Å². The molecule has 37 heavy (non-hydrogen) atoms. The van der Waals surface area contributed by atoms with Crippen LogP contribution in [0.5, 0.6) is 5.75 Å². The molecular formula is C27H34ClN3O6. The molecule has 200 valence electrons. The second-order valence-corrected chi connectivity index (χ2v) is 8.59. The molecule has 1 unspecified atom stereocenters. The number of aryl methyl sites for hydroxylation is 1. The summed E-state index contributed by atoms with van der Waals surface area (Å²) >= 11 is 6.12. The summed E-state index contributed by atoms with van der Waals surface area (Å²) in [5.41, 5.74) is 3.14. The van der Waals surface area contributed by atoms with Crippen molar-refractivity contribution in [3.63, 3.8) is 0 Å². The molecule has 0 aromatic heterocycles. The number of ether oxygens (including phenoxy) is 2. The first kappa shape index (κ1) is 29.7. The zero-order chi connectivity index (χ0) is 27.4. The highest BCUT2D eigenvalue weighted by Gasteiger charge is 2.12. The van der Waals surface area contributed by atoms with Crippen LogP contribution in [0.1, 0.15) is 31.4 Å². The molecule has 9 nitrogen and oxygen atoms in total. The number of hydrogen-bond acceptors (Lipinski definition) is 6. The van der Waals surface area contributed by atoms with Crippen molar-refractivity contribution in [2.75, 3.05) is 30.9 Å². The van der Waals surface area contributed by atoms with Crippen LogP contribution in [0.25, 0.3) is 0 Å². The van der Waals surface area contributed by atoms with E-state index in [1.165, 1.54) is 13.2 Å². The molecule has 2 aromatic carbocycles. The molecule has 2 amide bonds. The van der Waals surface area contributed by atoms with Gasteiger partial charge in [-0.25, -0.2) is 9.59 Å². The lowest BCUT2D eigenvalue weighted by Crippen LogP contribution is -2.33. The van der Waals surface area contributed by atoms with E-state index in [1.54, 1.807) is 32.0 Å². The zero-order valence-electron chi connectivity index (χ0n) is 21.4. The first-order valence-electron chi connectivity index (χ1n) is 11.8. The van der Waals surface area contributed by atoms with E-state index < -0.39 is 18.2 Å². The van der Waals surface area contributed by atoms with Crippen LogP contribution < -0.4 is 20.7 Å². The Labute approximate surface area is 222 Å². The van der Waals surface area contributed by atoms with Gasteiger partial charge in [0.15, 0.2) is 0 Å². The van der Waals surface area contributed by atoms with E-state index >= 15 is 0 Å². The SMILES string of the molecule is CC/C(=C\C(Cl)=C(/C)OCCNC(O)Cc1ccc(NC(=O)Nc2ccccc2C)c(OC)c1)C(=O)O. The zero-order valence-corrected chi connectivity index (χ0v) is 22.2. The monoisotopic (exact) mass is 531 g/mol. The summed E-state index contributed by atoms with van der Waals surface area (Å²) in [6.07, 6.45) is 1.16. The number of allylic oxidation sites excluding steroid dienone is 3. The fourth-order valence-corrected chi connectivity index (χ4v) is 3.50. The average molecular weight is 532 g/mol. The van der Waals surface area contributed by atoms with Gasteiger partial charge in [-0.3, -0.25) is 5.32 Å². The second-order valence-electron chi connectivity index (χ2n) is 8.18. The Hall–Kier alpha value is -3.53. The predicted octanol–water partition coefficient (Wildman–Crippen LogP) is 5.01. The molecule has 0 aliphatic rings. The number of benzene rings is 2. The van der Waals surface area contributed by atoms with E-state index in [9.17, 15) is 14.7 Å². The van der Waals surface area contributed by atoms with Gasteiger partial charge in [-0.05, 0) is 55.7 Å². The number of methoxy groups -OCH3 is 1. The number of amides is 2. The van der Waals surface area contributed by atoms with Crippen molar-refractivity contribution in [1.82, 2.24) is 5.32 Å². The van der Waals surface area contributed by atoms with E-state index in [0.717, 1.165) is 11.1 Å². The Morgan fingerprint density at radius 3 is 2.49 bits per heavy atom. The molecule has 2 aromatic rings. The number of halogens is 1. The second kappa shape index (κ2) is 14.9. The van der Waals surface area contributed by atoms with Gasteiger partial charge in [0, 0.05) is 24.2 Å². The number of carboxylic acids is 1. The van der Waals surface area contributed by atoms with Gasteiger partial charge in [-0.2, -0.15) is 0 Å². The normalized spacial score (nSPS) is 12.9. The maximum Gasteiger partial charge on any atom is 0.331 e. The lowest BCUT2D eigenvalue weighted by atomic mass is 10.1. The topological polar surface area (TPSA) is 129 Å². The van der Waals surface area contributed by atoms with Crippen molar-refractivity contribution in [1.29, 1.82) is 0 Å². The Kier molecular flexibility index (Phi) is 12.0. The highest BCUT2D eigenvalue weighted by atomic mass is 35.5. The average Bonchev–Trinajstić information content (AvgIpc) is 2.86. The van der Waals surface area contributed by atoms with Gasteiger partial charge >= 0.3 is 12.0 Å². The van der Waals surface area contributed by atoms with Gasteiger partial charge in [0.25, 0.3) is 0 Å². The van der Waals surface area contributed by atoms with E-state index in [4.69, 9.17) is 26.2 Å². The number of rotatable bonds is 13. The summed E-state index contributed by atoms with van der Waals surface area (Å²) < 4.78 is 11.0. The van der Waals surface area contributed by atoms with Crippen LogP contribution in [0.15, 0.2) is 64.9 Å². The molecule has 0 radical (unpaired) electrons. The lowest BCUT2D eigenvalue weighted by Gasteiger charge is -2.16. The van der Waals surface area contributed by atoms with E-state index in [2.05, 4.69) is 16.0 Å². The molecule has 0 bridgehead atoms. The smallest absolute Gasteiger partial charge is 0.331 e. The van der Waals surface area contributed by atoms with Crippen LogP contribution in [0.4, 0.5) is 16.2 Å². The number of aliphatic hydroxyl groups excluding tert-OH is 1. The number of aliphatic hydroxyl groups is 1. The number of carbonyl (C=O) groups is 2. The molecule has 10 heteroatoms. The molecular weight excluding hydrogens is 498 g/mol. The first-order chi connectivity index (χ1) is 17.6. The minimum absolute atomic E-state index is 0.185. The maximum atomic E-state index is 12.4. The van der Waals surface area contributed by atoms with Gasteiger partial charge in [0.2, 0.25) is 0 Å². The summed E-state index contributed by atoms with van der Waals surface area (Å²) in [5, 5.41) is 28.2. The van der Waals surface area contributed by atoms with Crippen LogP contribution in [-0.4, -0.2) is 48.7 Å². The highest BCUT2D eigenvalue weighted by molar-refractivity contribution is 6.31. The van der Waals surface area contributed by atoms with Crippen molar-refractivity contribution in [2.24, 2.45) is 0 Å². The van der Waals surface area contributed by atoms with Gasteiger partial charge in [-0.1, -0.05) is 42.8 Å². The van der Waals surface area contributed by atoms with Crippen LogP contribution in [0, 0.1) is 6.92 Å². The number of hydrogen-bond donors (Lipinski definition) is 5. The fraction of sp³-hybridized carbons (Fsp3) is 0.333. The third kappa shape index (κ3) is 9.80. The first-order valence-corrected chi connectivity index (χ1v) is 12.2. The minimum atomic E-state index is -1.02. The number of carboxylic acid groups (broad SMARTS) is 1. The largest absolute Gasteiger partial charge is 0.495 e. The molecule has 0 aliphatic carbocycles. The van der Waals surface area contributed by atoms with Crippen molar-refractivity contribution >= 4 is 35.0 Å². The molecule has 0 fully saturated rings. The highest BCUT2D eigenvalue weighted by Crippen LogP contribution is 2.26. The van der Waals surface area contributed by atoms with Crippen LogP contribution in [0.3, 0.4) is 0 Å². The molecule has 0 heterocycles. The molecule has 0 spiro atoms. The molecule has 0 aliphatic heterocycles.